The number of hydrogen-bond donors (Lipinski definition) is 3. The highest BCUT2D eigenvalue weighted by molar-refractivity contribution is 5.83. The van der Waals surface area contributed by atoms with E-state index >= 15 is 0 Å². The molecule has 1 aliphatic carbocycles. The lowest BCUT2D eigenvalue weighted by atomic mass is 9.71. The molecule has 0 bridgehead atoms. The second-order valence-electron chi connectivity index (χ2n) is 6.03. The molecule has 5 heteroatoms. The fourth-order valence-corrected chi connectivity index (χ4v) is 3.17. The topological polar surface area (TPSA) is 78.4 Å². The Hall–Kier alpha value is -1.10. The Labute approximate surface area is 114 Å². The number of hydrogen-bond acceptors (Lipinski definition) is 3. The van der Waals surface area contributed by atoms with Crippen molar-refractivity contribution in [2.24, 2.45) is 5.41 Å². The van der Waals surface area contributed by atoms with Crippen molar-refractivity contribution < 1.29 is 14.7 Å². The lowest BCUT2D eigenvalue weighted by Crippen LogP contribution is -2.56. The zero-order chi connectivity index (χ0) is 13.9. The van der Waals surface area contributed by atoms with E-state index in [1.165, 1.54) is 0 Å². The first-order chi connectivity index (χ1) is 9.04. The van der Waals surface area contributed by atoms with Crippen molar-refractivity contribution in [3.05, 3.63) is 0 Å². The maximum atomic E-state index is 12.2. The summed E-state index contributed by atoms with van der Waals surface area (Å²) in [5.74, 6) is -0.826. The van der Waals surface area contributed by atoms with Gasteiger partial charge in [-0.15, -0.1) is 0 Å². The second kappa shape index (κ2) is 5.90. The number of carbonyl (C=O) groups excluding carboxylic acids is 1. The summed E-state index contributed by atoms with van der Waals surface area (Å²) in [4.78, 5) is 23.7. The molecule has 0 spiro atoms. The van der Waals surface area contributed by atoms with Crippen LogP contribution in [0.25, 0.3) is 0 Å². The number of aliphatic carboxylic acids is 1. The maximum Gasteiger partial charge on any atom is 0.311 e. The zero-order valence-corrected chi connectivity index (χ0v) is 11.6. The summed E-state index contributed by atoms with van der Waals surface area (Å²) in [6, 6.07) is -0.385. The van der Waals surface area contributed by atoms with Crippen LogP contribution in [0.2, 0.25) is 0 Å². The average molecular weight is 268 g/mol. The molecule has 1 heterocycles. The monoisotopic (exact) mass is 268 g/mol. The van der Waals surface area contributed by atoms with E-state index in [1.54, 1.807) is 6.92 Å². The summed E-state index contributed by atoms with van der Waals surface area (Å²) in [5.41, 5.74) is -0.817. The van der Waals surface area contributed by atoms with Crippen molar-refractivity contribution >= 4 is 11.9 Å². The third-order valence-electron chi connectivity index (χ3n) is 4.64. The van der Waals surface area contributed by atoms with Gasteiger partial charge < -0.3 is 15.7 Å². The van der Waals surface area contributed by atoms with Crippen molar-refractivity contribution in [1.82, 2.24) is 10.6 Å². The molecule has 108 valence electrons. The van der Waals surface area contributed by atoms with E-state index in [-0.39, 0.29) is 18.0 Å². The van der Waals surface area contributed by atoms with E-state index < -0.39 is 11.4 Å². The third kappa shape index (κ3) is 3.08. The van der Waals surface area contributed by atoms with Gasteiger partial charge in [0.1, 0.15) is 0 Å². The highest BCUT2D eigenvalue weighted by Gasteiger charge is 2.44. The largest absolute Gasteiger partial charge is 0.481 e. The number of carboxylic acid groups (broad SMARTS) is 1. The van der Waals surface area contributed by atoms with Gasteiger partial charge >= 0.3 is 5.97 Å². The number of piperidine rings is 1. The third-order valence-corrected chi connectivity index (χ3v) is 4.64. The Morgan fingerprint density at radius 1 is 1.21 bits per heavy atom. The molecule has 2 fully saturated rings. The molecule has 2 aliphatic rings. The first-order valence-corrected chi connectivity index (χ1v) is 7.31. The Kier molecular flexibility index (Phi) is 4.45. The first-order valence-electron chi connectivity index (χ1n) is 7.31. The van der Waals surface area contributed by atoms with E-state index in [0.717, 1.165) is 45.1 Å². The Morgan fingerprint density at radius 2 is 1.95 bits per heavy atom. The SMILES string of the molecule is CC1(C(=O)O)CCCCC1NC(=O)[C@H]1CCCCN1. The van der Waals surface area contributed by atoms with Gasteiger partial charge in [0.05, 0.1) is 11.5 Å². The fourth-order valence-electron chi connectivity index (χ4n) is 3.17. The molecule has 3 atom stereocenters. The number of nitrogens with one attached hydrogen (secondary N) is 2. The molecule has 2 unspecified atom stereocenters. The summed E-state index contributed by atoms with van der Waals surface area (Å²) in [6.07, 6.45) is 6.35. The molecule has 1 aliphatic heterocycles. The van der Waals surface area contributed by atoms with Crippen LogP contribution in [0.4, 0.5) is 0 Å². The van der Waals surface area contributed by atoms with Gasteiger partial charge in [0.2, 0.25) is 5.91 Å². The van der Waals surface area contributed by atoms with Gasteiger partial charge in [-0.05, 0) is 39.2 Å². The van der Waals surface area contributed by atoms with Crippen molar-refractivity contribution in [2.75, 3.05) is 6.54 Å². The first kappa shape index (κ1) is 14.3. The van der Waals surface area contributed by atoms with Gasteiger partial charge in [-0.2, -0.15) is 0 Å². The summed E-state index contributed by atoms with van der Waals surface area (Å²) in [7, 11) is 0. The quantitative estimate of drug-likeness (QED) is 0.720. The Morgan fingerprint density at radius 3 is 2.58 bits per heavy atom. The predicted octanol–water partition coefficient (Wildman–Crippen LogP) is 1.28. The zero-order valence-electron chi connectivity index (χ0n) is 11.6. The highest BCUT2D eigenvalue weighted by Crippen LogP contribution is 2.36. The molecule has 3 N–H and O–H groups in total. The predicted molar refractivity (Wildman–Crippen MR) is 71.8 cm³/mol. The minimum Gasteiger partial charge on any atom is -0.481 e. The molecule has 19 heavy (non-hydrogen) atoms. The molecule has 0 aromatic rings. The summed E-state index contributed by atoms with van der Waals surface area (Å²) >= 11 is 0. The highest BCUT2D eigenvalue weighted by atomic mass is 16.4. The van der Waals surface area contributed by atoms with Gasteiger partial charge in [0.15, 0.2) is 0 Å². The summed E-state index contributed by atoms with van der Waals surface area (Å²) < 4.78 is 0. The Balaban J connectivity index is 1.99. The van der Waals surface area contributed by atoms with Crippen LogP contribution in [0, 0.1) is 5.41 Å². The molecular formula is C14H24N2O3. The van der Waals surface area contributed by atoms with E-state index in [9.17, 15) is 14.7 Å². The number of carbonyl (C=O) groups is 2. The molecular weight excluding hydrogens is 244 g/mol. The van der Waals surface area contributed by atoms with Crippen LogP contribution in [0.1, 0.15) is 51.9 Å². The molecule has 5 nitrogen and oxygen atoms in total. The van der Waals surface area contributed by atoms with Crippen LogP contribution < -0.4 is 10.6 Å². The van der Waals surface area contributed by atoms with Crippen LogP contribution >= 0.6 is 0 Å². The Bertz CT molecular complexity index is 353. The minimum atomic E-state index is -0.817. The fraction of sp³-hybridized carbons (Fsp3) is 0.857. The maximum absolute atomic E-state index is 12.2. The lowest BCUT2D eigenvalue weighted by molar-refractivity contribution is -0.152. The standard InChI is InChI=1S/C14H24N2O3/c1-14(13(18)19)8-4-2-7-11(14)16-12(17)10-6-3-5-9-15-10/h10-11,15H,2-9H2,1H3,(H,16,17)(H,18,19)/t10-,11?,14?/m1/s1. The molecule has 2 rings (SSSR count). The van der Waals surface area contributed by atoms with E-state index in [1.807, 2.05) is 0 Å². The number of amides is 1. The molecule has 0 aromatic heterocycles. The van der Waals surface area contributed by atoms with Gasteiger partial charge in [-0.25, -0.2) is 0 Å². The molecule has 0 aromatic carbocycles. The van der Waals surface area contributed by atoms with E-state index in [4.69, 9.17) is 0 Å². The normalized spacial score (nSPS) is 35.6. The molecule has 0 radical (unpaired) electrons. The van der Waals surface area contributed by atoms with Crippen LogP contribution in [-0.2, 0) is 9.59 Å². The second-order valence-corrected chi connectivity index (χ2v) is 6.03. The molecule has 1 saturated heterocycles. The van der Waals surface area contributed by atoms with Crippen LogP contribution in [0.15, 0.2) is 0 Å². The van der Waals surface area contributed by atoms with Crippen LogP contribution in [0.5, 0.6) is 0 Å². The van der Waals surface area contributed by atoms with Gasteiger partial charge in [0.25, 0.3) is 0 Å². The summed E-state index contributed by atoms with van der Waals surface area (Å²) in [5, 5.41) is 15.6. The number of rotatable bonds is 3. The van der Waals surface area contributed by atoms with Crippen molar-refractivity contribution in [1.29, 1.82) is 0 Å². The molecule has 1 saturated carbocycles. The van der Waals surface area contributed by atoms with Crippen LogP contribution in [0.3, 0.4) is 0 Å². The van der Waals surface area contributed by atoms with Crippen LogP contribution in [-0.4, -0.2) is 35.6 Å². The van der Waals surface area contributed by atoms with Gasteiger partial charge in [-0.3, -0.25) is 9.59 Å². The number of carboxylic acids is 1. The van der Waals surface area contributed by atoms with Crippen molar-refractivity contribution in [3.8, 4) is 0 Å². The smallest absolute Gasteiger partial charge is 0.311 e. The van der Waals surface area contributed by atoms with Gasteiger partial charge in [-0.1, -0.05) is 19.3 Å². The van der Waals surface area contributed by atoms with Crippen molar-refractivity contribution in [2.45, 2.75) is 64.0 Å². The van der Waals surface area contributed by atoms with E-state index in [2.05, 4.69) is 10.6 Å². The van der Waals surface area contributed by atoms with Gasteiger partial charge in [0, 0.05) is 6.04 Å². The van der Waals surface area contributed by atoms with E-state index in [0.29, 0.717) is 6.42 Å². The average Bonchev–Trinajstić information content (AvgIpc) is 2.42. The molecule has 1 amide bonds. The minimum absolute atomic E-state index is 0.0286. The van der Waals surface area contributed by atoms with Crippen molar-refractivity contribution in [3.63, 3.8) is 0 Å². The summed E-state index contributed by atoms with van der Waals surface area (Å²) in [6.45, 7) is 2.63. The lowest BCUT2D eigenvalue weighted by Gasteiger charge is -2.39.